The number of aromatic amines is 2. The maximum atomic E-state index is 12.6. The van der Waals surface area contributed by atoms with E-state index in [1.54, 1.807) is 38.9 Å². The van der Waals surface area contributed by atoms with E-state index in [0.29, 0.717) is 34.2 Å². The highest BCUT2D eigenvalue weighted by atomic mass is 16.5. The lowest BCUT2D eigenvalue weighted by atomic mass is 10.1. The van der Waals surface area contributed by atoms with Crippen LogP contribution in [-0.4, -0.2) is 43.7 Å². The third kappa shape index (κ3) is 2.71. The lowest BCUT2D eigenvalue weighted by Gasteiger charge is -2.09. The number of nitrogens with zero attached hydrogens (tertiary/aromatic N) is 4. The Balaban J connectivity index is 1.69. The third-order valence-electron chi connectivity index (χ3n) is 4.72. The molecule has 0 atom stereocenters. The molecular weight excluding hydrogens is 372 g/mol. The topological polar surface area (TPSA) is 111 Å². The molecule has 0 unspecified atom stereocenters. The molecule has 4 heterocycles. The van der Waals surface area contributed by atoms with Crippen LogP contribution in [0, 0.1) is 0 Å². The van der Waals surface area contributed by atoms with Gasteiger partial charge in [-0.25, -0.2) is 24.3 Å². The number of fused-ring (bicyclic) bond motifs is 2. The number of H-pyrrole nitrogens is 2. The van der Waals surface area contributed by atoms with Crippen LogP contribution in [0.2, 0.25) is 0 Å². The summed E-state index contributed by atoms with van der Waals surface area (Å²) in [5.74, 6) is 1.20. The fourth-order valence-corrected chi connectivity index (χ4v) is 3.30. The molecule has 0 radical (unpaired) electrons. The molecule has 0 aliphatic carbocycles. The minimum atomic E-state index is -0.332. The van der Waals surface area contributed by atoms with Crippen LogP contribution < -0.4 is 15.2 Å². The standard InChI is InChI=1S/C20H16N6O3/c1-28-15-4-3-11(8-16(15)29-2)14-10-23-18-19(24-14)26(20(27)25-18)13-7-12-5-6-21-17(12)22-9-13/h3-10H,1-2H3,(H,21,22)(H,23,25,27). The Morgan fingerprint density at radius 2 is 1.79 bits per heavy atom. The molecule has 29 heavy (non-hydrogen) atoms. The van der Waals surface area contributed by atoms with E-state index in [1.807, 2.05) is 24.3 Å². The van der Waals surface area contributed by atoms with Crippen molar-refractivity contribution in [2.45, 2.75) is 0 Å². The molecule has 0 saturated carbocycles. The number of hydrogen-bond acceptors (Lipinski definition) is 6. The molecule has 0 spiro atoms. The van der Waals surface area contributed by atoms with Crippen molar-refractivity contribution in [3.05, 3.63) is 59.4 Å². The van der Waals surface area contributed by atoms with Crippen molar-refractivity contribution in [1.29, 1.82) is 0 Å². The molecule has 5 rings (SSSR count). The van der Waals surface area contributed by atoms with Gasteiger partial charge in [0.25, 0.3) is 0 Å². The predicted octanol–water partition coefficient (Wildman–Crippen LogP) is 2.67. The van der Waals surface area contributed by atoms with Crippen LogP contribution in [0.3, 0.4) is 0 Å². The third-order valence-corrected chi connectivity index (χ3v) is 4.72. The van der Waals surface area contributed by atoms with Gasteiger partial charge < -0.3 is 14.5 Å². The van der Waals surface area contributed by atoms with Crippen molar-refractivity contribution in [2.75, 3.05) is 14.2 Å². The minimum absolute atomic E-state index is 0.332. The molecule has 9 nitrogen and oxygen atoms in total. The highest BCUT2D eigenvalue weighted by molar-refractivity contribution is 5.79. The highest BCUT2D eigenvalue weighted by Crippen LogP contribution is 2.31. The van der Waals surface area contributed by atoms with Crippen LogP contribution in [0.1, 0.15) is 0 Å². The Morgan fingerprint density at radius 1 is 0.966 bits per heavy atom. The zero-order chi connectivity index (χ0) is 20.0. The summed E-state index contributed by atoms with van der Waals surface area (Å²) in [5.41, 5.74) is 3.22. The number of rotatable bonds is 4. The number of imidazole rings is 1. The number of pyridine rings is 1. The van der Waals surface area contributed by atoms with Gasteiger partial charge in [0.15, 0.2) is 22.8 Å². The van der Waals surface area contributed by atoms with E-state index < -0.39 is 0 Å². The second-order valence-corrected chi connectivity index (χ2v) is 6.37. The van der Waals surface area contributed by atoms with Crippen molar-refractivity contribution >= 4 is 22.3 Å². The van der Waals surface area contributed by atoms with Gasteiger partial charge in [-0.3, -0.25) is 4.98 Å². The van der Waals surface area contributed by atoms with Crippen LogP contribution in [0.4, 0.5) is 0 Å². The largest absolute Gasteiger partial charge is 0.493 e. The molecule has 0 amide bonds. The number of aromatic nitrogens is 6. The van der Waals surface area contributed by atoms with Gasteiger partial charge >= 0.3 is 5.69 Å². The summed E-state index contributed by atoms with van der Waals surface area (Å²) in [6.07, 6.45) is 5.03. The molecule has 144 valence electrons. The van der Waals surface area contributed by atoms with Gasteiger partial charge in [-0.1, -0.05) is 0 Å². The summed E-state index contributed by atoms with van der Waals surface area (Å²) in [6.45, 7) is 0. The molecule has 0 fully saturated rings. The Bertz CT molecular complexity index is 1420. The van der Waals surface area contributed by atoms with Crippen LogP contribution in [0.25, 0.3) is 39.3 Å². The minimum Gasteiger partial charge on any atom is -0.493 e. The number of ether oxygens (including phenoxy) is 2. The van der Waals surface area contributed by atoms with Crippen molar-refractivity contribution in [3.63, 3.8) is 0 Å². The van der Waals surface area contributed by atoms with E-state index in [4.69, 9.17) is 9.47 Å². The maximum absolute atomic E-state index is 12.6. The monoisotopic (exact) mass is 388 g/mol. The first-order valence-corrected chi connectivity index (χ1v) is 8.81. The molecule has 0 saturated heterocycles. The van der Waals surface area contributed by atoms with Gasteiger partial charge in [-0.2, -0.15) is 0 Å². The molecule has 5 aromatic rings. The van der Waals surface area contributed by atoms with E-state index in [1.165, 1.54) is 4.57 Å². The van der Waals surface area contributed by atoms with Crippen LogP contribution in [0.5, 0.6) is 11.5 Å². The van der Waals surface area contributed by atoms with Gasteiger partial charge in [0.1, 0.15) is 5.65 Å². The second kappa shape index (κ2) is 6.48. The first-order valence-electron chi connectivity index (χ1n) is 8.81. The Labute approximate surface area is 164 Å². The quantitative estimate of drug-likeness (QED) is 0.490. The number of methoxy groups -OCH3 is 2. The summed E-state index contributed by atoms with van der Waals surface area (Å²) in [4.78, 5) is 31.8. The lowest BCUT2D eigenvalue weighted by molar-refractivity contribution is 0.355. The first kappa shape index (κ1) is 17.0. The predicted molar refractivity (Wildman–Crippen MR) is 108 cm³/mol. The van der Waals surface area contributed by atoms with Gasteiger partial charge in [-0.05, 0) is 30.3 Å². The Morgan fingerprint density at radius 3 is 2.62 bits per heavy atom. The Hall–Kier alpha value is -4.14. The lowest BCUT2D eigenvalue weighted by Crippen LogP contribution is -2.15. The van der Waals surface area contributed by atoms with E-state index in [0.717, 1.165) is 16.6 Å². The van der Waals surface area contributed by atoms with E-state index in [2.05, 4.69) is 24.9 Å². The van der Waals surface area contributed by atoms with Crippen LogP contribution in [-0.2, 0) is 0 Å². The summed E-state index contributed by atoms with van der Waals surface area (Å²) in [5, 5.41) is 0.896. The molecular formula is C20H16N6O3. The number of hydrogen-bond donors (Lipinski definition) is 2. The maximum Gasteiger partial charge on any atom is 0.333 e. The van der Waals surface area contributed by atoms with Crippen molar-refractivity contribution in [1.82, 2.24) is 29.5 Å². The van der Waals surface area contributed by atoms with Crippen molar-refractivity contribution in [2.24, 2.45) is 0 Å². The average molecular weight is 388 g/mol. The number of benzene rings is 1. The highest BCUT2D eigenvalue weighted by Gasteiger charge is 2.15. The van der Waals surface area contributed by atoms with Crippen LogP contribution in [0.15, 0.2) is 53.7 Å². The fraction of sp³-hybridized carbons (Fsp3) is 0.100. The summed E-state index contributed by atoms with van der Waals surface area (Å²) in [6, 6.07) is 9.25. The average Bonchev–Trinajstić information content (AvgIpc) is 3.35. The van der Waals surface area contributed by atoms with Crippen molar-refractivity contribution < 1.29 is 9.47 Å². The van der Waals surface area contributed by atoms with Gasteiger partial charge in [0.2, 0.25) is 0 Å². The molecule has 2 N–H and O–H groups in total. The summed E-state index contributed by atoms with van der Waals surface area (Å²) < 4.78 is 12.1. The van der Waals surface area contributed by atoms with Crippen LogP contribution >= 0.6 is 0 Å². The molecule has 4 aromatic heterocycles. The fourth-order valence-electron chi connectivity index (χ4n) is 3.30. The van der Waals surface area contributed by atoms with Crippen molar-refractivity contribution in [3.8, 4) is 28.4 Å². The molecule has 1 aromatic carbocycles. The molecule has 9 heteroatoms. The Kier molecular flexibility index (Phi) is 3.80. The van der Waals surface area contributed by atoms with E-state index in [9.17, 15) is 4.79 Å². The second-order valence-electron chi connectivity index (χ2n) is 6.37. The van der Waals surface area contributed by atoms with Gasteiger partial charge in [0.05, 0.1) is 38.0 Å². The molecule has 0 aliphatic rings. The number of nitrogens with one attached hydrogen (secondary N) is 2. The van der Waals surface area contributed by atoms with Gasteiger partial charge in [-0.15, -0.1) is 0 Å². The molecule has 0 bridgehead atoms. The van der Waals surface area contributed by atoms with E-state index >= 15 is 0 Å². The summed E-state index contributed by atoms with van der Waals surface area (Å²) >= 11 is 0. The SMILES string of the molecule is COc1ccc(-c2cnc3[nH]c(=O)n(-c4cnc5[nH]ccc5c4)c3n2)cc1OC. The first-order chi connectivity index (χ1) is 14.2. The zero-order valence-electron chi connectivity index (χ0n) is 15.6. The van der Waals surface area contributed by atoms with E-state index in [-0.39, 0.29) is 5.69 Å². The zero-order valence-corrected chi connectivity index (χ0v) is 15.6. The molecule has 0 aliphatic heterocycles. The van der Waals surface area contributed by atoms with Gasteiger partial charge in [0, 0.05) is 17.1 Å². The smallest absolute Gasteiger partial charge is 0.333 e. The normalized spacial score (nSPS) is 11.2. The summed E-state index contributed by atoms with van der Waals surface area (Å²) in [7, 11) is 3.15.